The van der Waals surface area contributed by atoms with E-state index in [0.29, 0.717) is 11.1 Å². The van der Waals surface area contributed by atoms with Crippen molar-refractivity contribution in [2.24, 2.45) is 0 Å². The van der Waals surface area contributed by atoms with Gasteiger partial charge in [0.1, 0.15) is 13.1 Å². The summed E-state index contributed by atoms with van der Waals surface area (Å²) in [6.45, 7) is 1.71. The normalized spacial score (nSPS) is 14.7. The van der Waals surface area contributed by atoms with Crippen molar-refractivity contribution >= 4 is 12.6 Å². The number of hydrogen-bond acceptors (Lipinski definition) is 2. The van der Waals surface area contributed by atoms with E-state index < -0.39 is 0 Å². The fourth-order valence-electron chi connectivity index (χ4n) is 0.465. The van der Waals surface area contributed by atoms with E-state index in [1.165, 1.54) is 13.3 Å². The fraction of sp³-hybridized carbons (Fsp3) is 0.600. The smallest absolute Gasteiger partial charge is 0.207 e. The van der Waals surface area contributed by atoms with Crippen LogP contribution in [-0.4, -0.2) is 30.5 Å². The highest BCUT2D eigenvalue weighted by atomic mass is 16.5. The second-order valence-corrected chi connectivity index (χ2v) is 1.77. The molecule has 0 heterocycles. The molecule has 0 spiro atoms. The average Bonchev–Trinajstić information content (AvgIpc) is 1.63. The van der Waals surface area contributed by atoms with Crippen LogP contribution in [0.1, 0.15) is 6.92 Å². The number of carbonyl (C=O) groups excluding carboxylic acids is 1. The topological polar surface area (TPSA) is 55.2 Å². The Bertz CT molecular complexity index is 118. The molecule has 4 heteroatoms. The molecule has 0 unspecified atom stereocenters. The van der Waals surface area contributed by atoms with Crippen LogP contribution in [0.5, 0.6) is 0 Å². The molecule has 0 aromatic heterocycles. The molecule has 0 radical (unpaired) electrons. The molecule has 1 N–H and O–H groups in total. The number of rotatable bonds is 3. The van der Waals surface area contributed by atoms with Crippen molar-refractivity contribution in [2.75, 3.05) is 7.05 Å². The molecular formula is C5H10N2O2. The van der Waals surface area contributed by atoms with E-state index in [-0.39, 0.29) is 6.04 Å². The van der Waals surface area contributed by atoms with Crippen molar-refractivity contribution in [1.82, 2.24) is 5.32 Å². The Kier molecular flexibility index (Phi) is 3.43. The summed E-state index contributed by atoms with van der Waals surface area (Å²) >= 11 is 0. The maximum absolute atomic E-state index is 10.2. The second kappa shape index (κ2) is 3.88. The Balaban J connectivity index is 3.61. The minimum absolute atomic E-state index is 0.190. The summed E-state index contributed by atoms with van der Waals surface area (Å²) in [6, 6.07) is -0.190. The van der Waals surface area contributed by atoms with Crippen LogP contribution in [0.15, 0.2) is 0 Å². The minimum atomic E-state index is -0.190. The summed E-state index contributed by atoms with van der Waals surface area (Å²) in [5.41, 5.74) is 0. The Morgan fingerprint density at radius 3 is 2.67 bits per heavy atom. The van der Waals surface area contributed by atoms with Gasteiger partial charge in [0.2, 0.25) is 6.41 Å². The first-order valence-electron chi connectivity index (χ1n) is 2.61. The molecule has 0 aliphatic heterocycles. The van der Waals surface area contributed by atoms with Gasteiger partial charge < -0.3 is 10.5 Å². The van der Waals surface area contributed by atoms with Gasteiger partial charge in [0.15, 0.2) is 6.21 Å². The number of carbonyl (C=O) groups is 1. The van der Waals surface area contributed by atoms with Crippen LogP contribution >= 0.6 is 0 Å². The Hall–Kier alpha value is -1.06. The molecule has 0 fully saturated rings. The Labute approximate surface area is 53.8 Å². The van der Waals surface area contributed by atoms with E-state index in [4.69, 9.17) is 0 Å². The summed E-state index contributed by atoms with van der Waals surface area (Å²) in [4.78, 5) is 9.75. The molecule has 0 bridgehead atoms. The third kappa shape index (κ3) is 4.80. The van der Waals surface area contributed by atoms with Crippen LogP contribution < -0.4 is 5.32 Å². The second-order valence-electron chi connectivity index (χ2n) is 1.77. The monoisotopic (exact) mass is 130 g/mol. The molecule has 1 atom stereocenters. The van der Waals surface area contributed by atoms with Crippen LogP contribution in [0.4, 0.5) is 0 Å². The number of amides is 1. The van der Waals surface area contributed by atoms with Crippen LogP contribution in [0, 0.1) is 5.21 Å². The first-order chi connectivity index (χ1) is 4.16. The van der Waals surface area contributed by atoms with Gasteiger partial charge in [-0.1, -0.05) is 0 Å². The van der Waals surface area contributed by atoms with E-state index >= 15 is 0 Å². The summed E-state index contributed by atoms with van der Waals surface area (Å²) in [6.07, 6.45) is 1.92. The Morgan fingerprint density at radius 2 is 2.33 bits per heavy atom. The molecule has 9 heavy (non-hydrogen) atoms. The van der Waals surface area contributed by atoms with Gasteiger partial charge in [-0.25, -0.2) is 4.74 Å². The zero-order chi connectivity index (χ0) is 7.28. The summed E-state index contributed by atoms with van der Waals surface area (Å²) in [7, 11) is 1.36. The van der Waals surface area contributed by atoms with Gasteiger partial charge in [0, 0.05) is 0 Å². The predicted molar refractivity (Wildman–Crippen MR) is 34.3 cm³/mol. The first kappa shape index (κ1) is 7.94. The first-order valence-corrected chi connectivity index (χ1v) is 2.61. The molecule has 0 rings (SSSR count). The molecule has 0 aliphatic rings. The van der Waals surface area contributed by atoms with Gasteiger partial charge in [0.25, 0.3) is 0 Å². The maximum Gasteiger partial charge on any atom is 0.207 e. The van der Waals surface area contributed by atoms with E-state index in [1.807, 2.05) is 0 Å². The van der Waals surface area contributed by atoms with Gasteiger partial charge in [0.05, 0.1) is 0 Å². The van der Waals surface area contributed by atoms with E-state index in [9.17, 15) is 10.0 Å². The van der Waals surface area contributed by atoms with Crippen molar-refractivity contribution in [2.45, 2.75) is 13.0 Å². The van der Waals surface area contributed by atoms with E-state index in [2.05, 4.69) is 5.32 Å². The molecule has 1 amide bonds. The summed E-state index contributed by atoms with van der Waals surface area (Å²) in [5, 5.41) is 12.6. The van der Waals surface area contributed by atoms with Crippen LogP contribution in [0.3, 0.4) is 0 Å². The largest absolute Gasteiger partial charge is 0.624 e. The van der Waals surface area contributed by atoms with Crippen molar-refractivity contribution in [1.29, 1.82) is 0 Å². The molecule has 4 nitrogen and oxygen atoms in total. The molecular weight excluding hydrogens is 120 g/mol. The lowest BCUT2D eigenvalue weighted by Gasteiger charge is -2.01. The Morgan fingerprint density at radius 1 is 1.78 bits per heavy atom. The lowest BCUT2D eigenvalue weighted by Crippen LogP contribution is -2.28. The number of nitrogens with zero attached hydrogens (tertiary/aromatic N) is 1. The highest BCUT2D eigenvalue weighted by Gasteiger charge is 1.95. The van der Waals surface area contributed by atoms with Crippen molar-refractivity contribution in [3.8, 4) is 0 Å². The van der Waals surface area contributed by atoms with Crippen LogP contribution in [0.25, 0.3) is 0 Å². The van der Waals surface area contributed by atoms with Crippen molar-refractivity contribution in [3.05, 3.63) is 5.21 Å². The fourth-order valence-corrected chi connectivity index (χ4v) is 0.465. The van der Waals surface area contributed by atoms with E-state index in [1.54, 1.807) is 6.92 Å². The number of nitrogens with one attached hydrogen (secondary N) is 1. The van der Waals surface area contributed by atoms with Gasteiger partial charge in [-0.05, 0) is 6.92 Å². The van der Waals surface area contributed by atoms with Gasteiger partial charge in [-0.15, -0.1) is 0 Å². The summed E-state index contributed by atoms with van der Waals surface area (Å²) < 4.78 is 0.654. The van der Waals surface area contributed by atoms with Crippen LogP contribution in [-0.2, 0) is 4.79 Å². The third-order valence-corrected chi connectivity index (χ3v) is 0.764. The quantitative estimate of drug-likeness (QED) is 0.181. The zero-order valence-electron chi connectivity index (χ0n) is 5.50. The molecule has 0 saturated heterocycles. The highest BCUT2D eigenvalue weighted by molar-refractivity contribution is 5.63. The molecule has 0 aromatic rings. The van der Waals surface area contributed by atoms with Gasteiger partial charge >= 0.3 is 0 Å². The van der Waals surface area contributed by atoms with Crippen molar-refractivity contribution in [3.63, 3.8) is 0 Å². The SMILES string of the molecule is C[C@@H](/C=[N+](/C)[O-])NC=O. The third-order valence-electron chi connectivity index (χ3n) is 0.764. The maximum atomic E-state index is 10.2. The average molecular weight is 130 g/mol. The molecule has 0 saturated carbocycles. The molecule has 52 valence electrons. The predicted octanol–water partition coefficient (Wildman–Crippen LogP) is -0.668. The van der Waals surface area contributed by atoms with E-state index in [0.717, 1.165) is 0 Å². The number of hydroxylamine groups is 1. The van der Waals surface area contributed by atoms with Crippen LogP contribution in [0.2, 0.25) is 0 Å². The minimum Gasteiger partial charge on any atom is -0.624 e. The zero-order valence-corrected chi connectivity index (χ0v) is 5.50. The van der Waals surface area contributed by atoms with Gasteiger partial charge in [-0.2, -0.15) is 0 Å². The lowest BCUT2D eigenvalue weighted by molar-refractivity contribution is -0.419. The highest BCUT2D eigenvalue weighted by Crippen LogP contribution is 1.70. The molecule has 0 aromatic carbocycles. The van der Waals surface area contributed by atoms with Crippen molar-refractivity contribution < 1.29 is 9.53 Å². The lowest BCUT2D eigenvalue weighted by atomic mass is 10.4. The summed E-state index contributed by atoms with van der Waals surface area (Å²) in [5.74, 6) is 0. The van der Waals surface area contributed by atoms with Gasteiger partial charge in [-0.3, -0.25) is 4.79 Å². The molecule has 0 aliphatic carbocycles. The standard InChI is InChI=1S/C5H10N2O2/c1-5(6-4-8)3-7(2)9/h3-5H,1-2H3,(H,6,8)/b7-3-/t5-/m0/s1. The number of hydrogen-bond donors (Lipinski definition) is 1.